The van der Waals surface area contributed by atoms with E-state index in [1.807, 2.05) is 6.92 Å². The molecule has 0 aliphatic heterocycles. The lowest BCUT2D eigenvalue weighted by atomic mass is 10.1. The average Bonchev–Trinajstić information content (AvgIpc) is 2.22. The smallest absolute Gasteiger partial charge is 0.142 e. The fraction of sp³-hybridized carbons (Fsp3) is 0.455. The molecule has 0 heterocycles. The maximum atomic E-state index is 13.1. The van der Waals surface area contributed by atoms with Crippen LogP contribution in [0.5, 0.6) is 0 Å². The molecule has 84 valence electrons. The number of rotatable bonds is 5. The monoisotopic (exact) mass is 231 g/mol. The molecule has 0 fully saturated rings. The van der Waals surface area contributed by atoms with Crippen LogP contribution in [0.4, 0.5) is 4.39 Å². The van der Waals surface area contributed by atoms with E-state index in [1.165, 1.54) is 12.1 Å². The zero-order valence-electron chi connectivity index (χ0n) is 8.67. The van der Waals surface area contributed by atoms with Gasteiger partial charge in [0, 0.05) is 6.61 Å². The van der Waals surface area contributed by atoms with Crippen LogP contribution >= 0.6 is 11.6 Å². The molecule has 2 nitrogen and oxygen atoms in total. The van der Waals surface area contributed by atoms with Crippen LogP contribution in [0, 0.1) is 5.82 Å². The van der Waals surface area contributed by atoms with Gasteiger partial charge in [0.2, 0.25) is 0 Å². The predicted molar refractivity (Wildman–Crippen MR) is 59.4 cm³/mol. The number of hydrogen-bond donors (Lipinski definition) is 1. The Morgan fingerprint density at radius 3 is 2.87 bits per heavy atom. The van der Waals surface area contributed by atoms with Crippen molar-refractivity contribution in [2.45, 2.75) is 19.4 Å². The van der Waals surface area contributed by atoms with Crippen LogP contribution in [0.25, 0.3) is 0 Å². The molecule has 1 unspecified atom stereocenters. The molecule has 0 saturated carbocycles. The number of ether oxygens (including phenoxy) is 1. The van der Waals surface area contributed by atoms with Gasteiger partial charge in [-0.1, -0.05) is 24.6 Å². The second-order valence-corrected chi connectivity index (χ2v) is 3.76. The lowest BCUT2D eigenvalue weighted by Crippen LogP contribution is -2.17. The van der Waals surface area contributed by atoms with Crippen LogP contribution in [0.3, 0.4) is 0 Å². The first kappa shape index (κ1) is 12.4. The Bertz CT molecular complexity index is 319. The van der Waals surface area contributed by atoms with Gasteiger partial charge in [0.15, 0.2) is 0 Å². The van der Waals surface area contributed by atoms with E-state index in [9.17, 15) is 4.39 Å². The van der Waals surface area contributed by atoms with E-state index in [4.69, 9.17) is 22.1 Å². The van der Waals surface area contributed by atoms with Gasteiger partial charge in [0.25, 0.3) is 0 Å². The second kappa shape index (κ2) is 6.05. The SMILES string of the molecule is CCCOCC(N)c1ccc(Cl)c(F)c1. The molecule has 2 N–H and O–H groups in total. The second-order valence-electron chi connectivity index (χ2n) is 3.35. The van der Waals surface area contributed by atoms with E-state index in [0.29, 0.717) is 18.8 Å². The van der Waals surface area contributed by atoms with Crippen LogP contribution in [0.15, 0.2) is 18.2 Å². The van der Waals surface area contributed by atoms with E-state index < -0.39 is 5.82 Å². The minimum absolute atomic E-state index is 0.112. The van der Waals surface area contributed by atoms with Gasteiger partial charge >= 0.3 is 0 Å². The highest BCUT2D eigenvalue weighted by Gasteiger charge is 2.08. The summed E-state index contributed by atoms with van der Waals surface area (Å²) in [5.74, 6) is -0.444. The predicted octanol–water partition coefficient (Wildman–Crippen LogP) is 2.91. The lowest BCUT2D eigenvalue weighted by Gasteiger charge is -2.12. The molecule has 1 aromatic carbocycles. The summed E-state index contributed by atoms with van der Waals surface area (Å²) in [6, 6.07) is 4.27. The number of halogens is 2. The van der Waals surface area contributed by atoms with E-state index in [-0.39, 0.29) is 11.1 Å². The number of benzene rings is 1. The molecule has 4 heteroatoms. The molecular weight excluding hydrogens is 217 g/mol. The first-order valence-electron chi connectivity index (χ1n) is 4.93. The molecule has 0 amide bonds. The van der Waals surface area contributed by atoms with Crippen LogP contribution in [-0.4, -0.2) is 13.2 Å². The molecule has 0 radical (unpaired) electrons. The Kier molecular flexibility index (Phi) is 5.02. The molecule has 0 saturated heterocycles. The van der Waals surface area contributed by atoms with Crippen molar-refractivity contribution in [3.63, 3.8) is 0 Å². The zero-order valence-corrected chi connectivity index (χ0v) is 9.43. The first-order chi connectivity index (χ1) is 7.15. The highest BCUT2D eigenvalue weighted by atomic mass is 35.5. The van der Waals surface area contributed by atoms with Crippen molar-refractivity contribution in [2.75, 3.05) is 13.2 Å². The Balaban J connectivity index is 2.57. The normalized spacial score (nSPS) is 12.8. The van der Waals surface area contributed by atoms with E-state index in [1.54, 1.807) is 6.07 Å². The maximum Gasteiger partial charge on any atom is 0.142 e. The molecule has 1 atom stereocenters. The molecule has 0 aliphatic carbocycles. The zero-order chi connectivity index (χ0) is 11.3. The fourth-order valence-corrected chi connectivity index (χ4v) is 1.31. The van der Waals surface area contributed by atoms with Crippen molar-refractivity contribution < 1.29 is 9.13 Å². The quantitative estimate of drug-likeness (QED) is 0.791. The summed E-state index contributed by atoms with van der Waals surface area (Å²) < 4.78 is 18.4. The van der Waals surface area contributed by atoms with Gasteiger partial charge in [-0.3, -0.25) is 0 Å². The van der Waals surface area contributed by atoms with Crippen molar-refractivity contribution in [1.29, 1.82) is 0 Å². The summed E-state index contributed by atoms with van der Waals surface area (Å²) in [6.45, 7) is 3.09. The van der Waals surface area contributed by atoms with Gasteiger partial charge in [-0.25, -0.2) is 4.39 Å². The molecular formula is C11H15ClFNO. The van der Waals surface area contributed by atoms with Crippen LogP contribution in [-0.2, 0) is 4.74 Å². The summed E-state index contributed by atoms with van der Waals surface area (Å²) in [6.07, 6.45) is 0.946. The van der Waals surface area contributed by atoms with Gasteiger partial charge < -0.3 is 10.5 Å². The van der Waals surface area contributed by atoms with Gasteiger partial charge in [0.1, 0.15) is 5.82 Å². The fourth-order valence-electron chi connectivity index (χ4n) is 1.19. The van der Waals surface area contributed by atoms with E-state index >= 15 is 0 Å². The Morgan fingerprint density at radius 1 is 1.53 bits per heavy atom. The molecule has 0 spiro atoms. The van der Waals surface area contributed by atoms with Crippen molar-refractivity contribution in [3.8, 4) is 0 Å². The Hall–Kier alpha value is -0.640. The third-order valence-corrected chi connectivity index (χ3v) is 2.32. The minimum Gasteiger partial charge on any atom is -0.379 e. The third-order valence-electron chi connectivity index (χ3n) is 2.02. The van der Waals surface area contributed by atoms with Crippen LogP contribution < -0.4 is 5.73 Å². The third kappa shape index (κ3) is 3.78. The Labute approximate surface area is 94.2 Å². The molecule has 1 rings (SSSR count). The van der Waals surface area contributed by atoms with Crippen molar-refractivity contribution >= 4 is 11.6 Å². The highest BCUT2D eigenvalue weighted by molar-refractivity contribution is 6.30. The summed E-state index contributed by atoms with van der Waals surface area (Å²) in [5.41, 5.74) is 6.52. The van der Waals surface area contributed by atoms with E-state index in [2.05, 4.69) is 0 Å². The Morgan fingerprint density at radius 2 is 2.27 bits per heavy atom. The molecule has 0 aromatic heterocycles. The highest BCUT2D eigenvalue weighted by Crippen LogP contribution is 2.19. The lowest BCUT2D eigenvalue weighted by molar-refractivity contribution is 0.121. The summed E-state index contributed by atoms with van der Waals surface area (Å²) in [5, 5.41) is 0.112. The van der Waals surface area contributed by atoms with Crippen molar-refractivity contribution in [3.05, 3.63) is 34.6 Å². The van der Waals surface area contributed by atoms with Crippen LogP contribution in [0.1, 0.15) is 24.9 Å². The first-order valence-corrected chi connectivity index (χ1v) is 5.31. The van der Waals surface area contributed by atoms with E-state index in [0.717, 1.165) is 6.42 Å². The maximum absolute atomic E-state index is 13.1. The van der Waals surface area contributed by atoms with Crippen molar-refractivity contribution in [2.24, 2.45) is 5.73 Å². The largest absolute Gasteiger partial charge is 0.379 e. The van der Waals surface area contributed by atoms with Gasteiger partial charge in [-0.05, 0) is 24.1 Å². The van der Waals surface area contributed by atoms with Gasteiger partial charge in [0.05, 0.1) is 17.7 Å². The standard InChI is InChI=1S/C11H15ClFNO/c1-2-5-15-7-11(14)8-3-4-9(12)10(13)6-8/h3-4,6,11H,2,5,7,14H2,1H3. The topological polar surface area (TPSA) is 35.2 Å². The van der Waals surface area contributed by atoms with Crippen molar-refractivity contribution in [1.82, 2.24) is 0 Å². The van der Waals surface area contributed by atoms with Gasteiger partial charge in [-0.15, -0.1) is 0 Å². The molecule has 1 aromatic rings. The minimum atomic E-state index is -0.444. The molecule has 15 heavy (non-hydrogen) atoms. The van der Waals surface area contributed by atoms with Crippen LogP contribution in [0.2, 0.25) is 5.02 Å². The van der Waals surface area contributed by atoms with Gasteiger partial charge in [-0.2, -0.15) is 0 Å². The summed E-state index contributed by atoms with van der Waals surface area (Å²) >= 11 is 5.57. The molecule has 0 bridgehead atoms. The summed E-state index contributed by atoms with van der Waals surface area (Å²) in [7, 11) is 0. The summed E-state index contributed by atoms with van der Waals surface area (Å²) in [4.78, 5) is 0. The number of nitrogens with two attached hydrogens (primary N) is 1. The molecule has 0 aliphatic rings. The average molecular weight is 232 g/mol. The number of hydrogen-bond acceptors (Lipinski definition) is 2.